The number of carbonyl (C=O) groups excluding carboxylic acids is 3. The number of likely N-dealkylation sites (N-methyl/N-ethyl adjacent to an activating group) is 1. The Morgan fingerprint density at radius 1 is 1.04 bits per heavy atom. The zero-order valence-corrected chi connectivity index (χ0v) is 15.7. The number of benzene rings is 2. The highest BCUT2D eigenvalue weighted by Crippen LogP contribution is 2.14. The average molecular weight is 390 g/mol. The van der Waals surface area contributed by atoms with E-state index in [1.807, 2.05) is 0 Å². The lowest BCUT2D eigenvalue weighted by molar-refractivity contribution is -0.116. The standard InChI is InChI=1S/C19H20ClN3O4/c1-3-27-19(26)22-16-6-4-5-13(11-16)18(25)23(2)12-17(24)21-15-9-7-14(20)8-10-15/h4-11H,3,12H2,1-2H3,(H,21,24)(H,22,26). The summed E-state index contributed by atoms with van der Waals surface area (Å²) in [6.07, 6.45) is -0.599. The van der Waals surface area contributed by atoms with E-state index in [9.17, 15) is 14.4 Å². The van der Waals surface area contributed by atoms with Crippen LogP contribution in [0.5, 0.6) is 0 Å². The van der Waals surface area contributed by atoms with Crippen molar-refractivity contribution in [2.45, 2.75) is 6.92 Å². The second-order valence-electron chi connectivity index (χ2n) is 5.64. The van der Waals surface area contributed by atoms with E-state index < -0.39 is 6.09 Å². The molecule has 0 bridgehead atoms. The quantitative estimate of drug-likeness (QED) is 0.789. The van der Waals surface area contributed by atoms with Crippen molar-refractivity contribution in [2.75, 3.05) is 30.8 Å². The molecule has 0 aliphatic rings. The topological polar surface area (TPSA) is 87.7 Å². The molecule has 2 aromatic rings. The van der Waals surface area contributed by atoms with Crippen molar-refractivity contribution < 1.29 is 19.1 Å². The molecule has 2 N–H and O–H groups in total. The third-order valence-electron chi connectivity index (χ3n) is 3.49. The summed E-state index contributed by atoms with van der Waals surface area (Å²) in [4.78, 5) is 37.4. The van der Waals surface area contributed by atoms with Crippen molar-refractivity contribution in [1.82, 2.24) is 4.90 Å². The number of carbonyl (C=O) groups is 3. The van der Waals surface area contributed by atoms with Crippen LogP contribution >= 0.6 is 11.6 Å². The number of ether oxygens (including phenoxy) is 1. The molecule has 0 saturated heterocycles. The third kappa shape index (κ3) is 6.31. The van der Waals surface area contributed by atoms with Gasteiger partial charge in [0.1, 0.15) is 0 Å². The summed E-state index contributed by atoms with van der Waals surface area (Å²) in [5.41, 5.74) is 1.36. The highest BCUT2D eigenvalue weighted by atomic mass is 35.5. The zero-order valence-electron chi connectivity index (χ0n) is 15.0. The lowest BCUT2D eigenvalue weighted by atomic mass is 10.1. The predicted octanol–water partition coefficient (Wildman–Crippen LogP) is 3.62. The van der Waals surface area contributed by atoms with Crippen LogP contribution in [0.1, 0.15) is 17.3 Å². The lowest BCUT2D eigenvalue weighted by Gasteiger charge is -2.17. The molecule has 0 saturated carbocycles. The predicted molar refractivity (Wildman–Crippen MR) is 104 cm³/mol. The van der Waals surface area contributed by atoms with Gasteiger partial charge in [-0.05, 0) is 49.4 Å². The van der Waals surface area contributed by atoms with Crippen molar-refractivity contribution >= 4 is 40.9 Å². The zero-order chi connectivity index (χ0) is 19.8. The number of rotatable bonds is 6. The molecule has 2 aromatic carbocycles. The summed E-state index contributed by atoms with van der Waals surface area (Å²) in [5.74, 6) is -0.692. The second-order valence-corrected chi connectivity index (χ2v) is 6.08. The molecule has 0 aliphatic heterocycles. The molecule has 0 atom stereocenters. The summed E-state index contributed by atoms with van der Waals surface area (Å²) in [7, 11) is 1.52. The molecular formula is C19H20ClN3O4. The van der Waals surface area contributed by atoms with Gasteiger partial charge in [0, 0.05) is 29.0 Å². The fourth-order valence-electron chi connectivity index (χ4n) is 2.26. The first kappa shape index (κ1) is 20.3. The normalized spacial score (nSPS) is 10.0. The van der Waals surface area contributed by atoms with Gasteiger partial charge in [0.2, 0.25) is 5.91 Å². The smallest absolute Gasteiger partial charge is 0.411 e. The molecule has 0 fully saturated rings. The molecule has 0 aromatic heterocycles. The van der Waals surface area contributed by atoms with Gasteiger partial charge < -0.3 is 15.0 Å². The van der Waals surface area contributed by atoms with E-state index >= 15 is 0 Å². The first-order valence-corrected chi connectivity index (χ1v) is 8.61. The van der Waals surface area contributed by atoms with Crippen LogP contribution in [0.25, 0.3) is 0 Å². The van der Waals surface area contributed by atoms with E-state index in [0.29, 0.717) is 22.0 Å². The summed E-state index contributed by atoms with van der Waals surface area (Å²) in [6, 6.07) is 13.1. The average Bonchev–Trinajstić information content (AvgIpc) is 2.63. The van der Waals surface area contributed by atoms with E-state index in [4.69, 9.17) is 16.3 Å². The Morgan fingerprint density at radius 2 is 1.74 bits per heavy atom. The highest BCUT2D eigenvalue weighted by Gasteiger charge is 2.16. The van der Waals surface area contributed by atoms with E-state index in [2.05, 4.69) is 10.6 Å². The summed E-state index contributed by atoms with van der Waals surface area (Å²) < 4.78 is 4.80. The molecule has 0 heterocycles. The van der Waals surface area contributed by atoms with Gasteiger partial charge in [-0.2, -0.15) is 0 Å². The van der Waals surface area contributed by atoms with E-state index in [1.165, 1.54) is 18.0 Å². The van der Waals surface area contributed by atoms with Crippen LogP contribution < -0.4 is 10.6 Å². The lowest BCUT2D eigenvalue weighted by Crippen LogP contribution is -2.35. The van der Waals surface area contributed by atoms with Crippen LogP contribution in [0.15, 0.2) is 48.5 Å². The van der Waals surface area contributed by atoms with Crippen molar-refractivity contribution in [2.24, 2.45) is 0 Å². The largest absolute Gasteiger partial charge is 0.450 e. The van der Waals surface area contributed by atoms with Crippen LogP contribution in [0.3, 0.4) is 0 Å². The number of amides is 3. The van der Waals surface area contributed by atoms with Gasteiger partial charge >= 0.3 is 6.09 Å². The van der Waals surface area contributed by atoms with E-state index in [1.54, 1.807) is 49.4 Å². The second kappa shape index (κ2) is 9.59. The Kier molecular flexibility index (Phi) is 7.19. The third-order valence-corrected chi connectivity index (χ3v) is 3.74. The van der Waals surface area contributed by atoms with Crippen molar-refractivity contribution in [3.05, 3.63) is 59.1 Å². The molecule has 3 amide bonds. The minimum absolute atomic E-state index is 0.128. The van der Waals surface area contributed by atoms with Gasteiger partial charge in [-0.3, -0.25) is 14.9 Å². The maximum absolute atomic E-state index is 12.5. The molecule has 7 nitrogen and oxygen atoms in total. The minimum Gasteiger partial charge on any atom is -0.450 e. The fourth-order valence-corrected chi connectivity index (χ4v) is 2.38. The van der Waals surface area contributed by atoms with Crippen LogP contribution in [-0.4, -0.2) is 43.0 Å². The van der Waals surface area contributed by atoms with Crippen LogP contribution in [0, 0.1) is 0 Å². The van der Waals surface area contributed by atoms with Gasteiger partial charge in [0.25, 0.3) is 5.91 Å². The van der Waals surface area contributed by atoms with Gasteiger partial charge in [0.15, 0.2) is 0 Å². The van der Waals surface area contributed by atoms with Crippen molar-refractivity contribution in [3.8, 4) is 0 Å². The van der Waals surface area contributed by atoms with Gasteiger partial charge in [0.05, 0.1) is 13.2 Å². The number of anilines is 2. The number of nitrogens with zero attached hydrogens (tertiary/aromatic N) is 1. The Labute approximate surface area is 162 Å². The molecule has 0 spiro atoms. The molecule has 27 heavy (non-hydrogen) atoms. The Bertz CT molecular complexity index is 824. The van der Waals surface area contributed by atoms with Crippen LogP contribution in [0.4, 0.5) is 16.2 Å². The first-order chi connectivity index (χ1) is 12.9. The summed E-state index contributed by atoms with van der Waals surface area (Å²) in [5, 5.41) is 5.79. The molecule has 2 rings (SSSR count). The number of halogens is 1. The monoisotopic (exact) mass is 389 g/mol. The molecule has 0 aliphatic carbocycles. The van der Waals surface area contributed by atoms with Gasteiger partial charge in [-0.25, -0.2) is 4.79 Å². The van der Waals surface area contributed by atoms with Crippen LogP contribution in [0.2, 0.25) is 5.02 Å². The maximum atomic E-state index is 12.5. The number of hydrogen-bond acceptors (Lipinski definition) is 4. The van der Waals surface area contributed by atoms with Gasteiger partial charge in [-0.15, -0.1) is 0 Å². The highest BCUT2D eigenvalue weighted by molar-refractivity contribution is 6.30. The first-order valence-electron chi connectivity index (χ1n) is 8.23. The molecule has 0 unspecified atom stereocenters. The number of hydrogen-bond donors (Lipinski definition) is 2. The maximum Gasteiger partial charge on any atom is 0.411 e. The molecule has 142 valence electrons. The van der Waals surface area contributed by atoms with Gasteiger partial charge in [-0.1, -0.05) is 17.7 Å². The molecule has 8 heteroatoms. The SMILES string of the molecule is CCOC(=O)Nc1cccc(C(=O)N(C)CC(=O)Nc2ccc(Cl)cc2)c1. The summed E-state index contributed by atoms with van der Waals surface area (Å²) >= 11 is 5.80. The van der Waals surface area contributed by atoms with E-state index in [-0.39, 0.29) is 25.0 Å². The van der Waals surface area contributed by atoms with Crippen LogP contribution in [-0.2, 0) is 9.53 Å². The number of nitrogens with one attached hydrogen (secondary N) is 2. The van der Waals surface area contributed by atoms with E-state index in [0.717, 1.165) is 0 Å². The summed E-state index contributed by atoms with van der Waals surface area (Å²) in [6.45, 7) is 1.82. The minimum atomic E-state index is -0.599. The Balaban J connectivity index is 1.96. The molecule has 0 radical (unpaired) electrons. The molecular weight excluding hydrogens is 370 g/mol. The Morgan fingerprint density at radius 3 is 2.41 bits per heavy atom. The fraction of sp³-hybridized carbons (Fsp3) is 0.211. The van der Waals surface area contributed by atoms with Crippen molar-refractivity contribution in [3.63, 3.8) is 0 Å². The van der Waals surface area contributed by atoms with Crippen molar-refractivity contribution in [1.29, 1.82) is 0 Å². The Hall–Kier alpha value is -3.06.